The zero-order valence-corrected chi connectivity index (χ0v) is 14.9. The van der Waals surface area contributed by atoms with Crippen molar-refractivity contribution in [2.24, 2.45) is 0 Å². The summed E-state index contributed by atoms with van der Waals surface area (Å²) in [7, 11) is 0. The van der Waals surface area contributed by atoms with Crippen molar-refractivity contribution in [3.05, 3.63) is 69.2 Å². The molecule has 0 aliphatic carbocycles. The molecule has 1 unspecified atom stereocenters. The summed E-state index contributed by atoms with van der Waals surface area (Å²) in [5.74, 6) is 0.572. The van der Waals surface area contributed by atoms with E-state index in [0.29, 0.717) is 5.92 Å². The van der Waals surface area contributed by atoms with Gasteiger partial charge in [-0.2, -0.15) is 0 Å². The van der Waals surface area contributed by atoms with E-state index in [2.05, 4.69) is 91.4 Å². The Bertz CT molecular complexity index is 587. The number of rotatable bonds is 5. The van der Waals surface area contributed by atoms with E-state index in [4.69, 9.17) is 0 Å². The maximum atomic E-state index is 3.71. The molecule has 0 heterocycles. The van der Waals surface area contributed by atoms with E-state index >= 15 is 0 Å². The van der Waals surface area contributed by atoms with Crippen molar-refractivity contribution in [3.63, 3.8) is 0 Å². The van der Waals surface area contributed by atoms with Crippen LogP contribution in [-0.2, 0) is 0 Å². The lowest BCUT2D eigenvalue weighted by Crippen LogP contribution is -2.22. The van der Waals surface area contributed by atoms with Gasteiger partial charge in [0.1, 0.15) is 0 Å². The summed E-state index contributed by atoms with van der Waals surface area (Å²) >= 11 is 3.71. The lowest BCUT2D eigenvalue weighted by atomic mass is 9.95. The largest absolute Gasteiger partial charge is 0.306 e. The molecule has 0 spiro atoms. The van der Waals surface area contributed by atoms with Crippen LogP contribution in [0.4, 0.5) is 0 Å². The quantitative estimate of drug-likeness (QED) is 0.745. The molecule has 0 aliphatic rings. The molecule has 0 fully saturated rings. The van der Waals surface area contributed by atoms with Crippen LogP contribution in [0.1, 0.15) is 55.0 Å². The van der Waals surface area contributed by atoms with Crippen LogP contribution in [-0.4, -0.2) is 6.54 Å². The third kappa shape index (κ3) is 3.96. The Morgan fingerprint density at radius 3 is 2.14 bits per heavy atom. The molecule has 1 nitrogen and oxygen atoms in total. The second-order valence-electron chi connectivity index (χ2n) is 5.84. The van der Waals surface area contributed by atoms with Crippen molar-refractivity contribution >= 4 is 15.9 Å². The van der Waals surface area contributed by atoms with Crippen LogP contribution in [0.2, 0.25) is 0 Å². The molecule has 0 saturated carbocycles. The zero-order chi connectivity index (χ0) is 15.4. The van der Waals surface area contributed by atoms with Crippen molar-refractivity contribution in [2.45, 2.75) is 39.7 Å². The van der Waals surface area contributed by atoms with Crippen LogP contribution in [0.15, 0.2) is 46.9 Å². The van der Waals surface area contributed by atoms with Crippen molar-refractivity contribution in [2.75, 3.05) is 6.54 Å². The molecule has 0 radical (unpaired) electrons. The normalized spacial score (nSPS) is 12.7. The minimum absolute atomic E-state index is 0.228. The molecule has 0 bridgehead atoms. The van der Waals surface area contributed by atoms with Gasteiger partial charge in [0.2, 0.25) is 0 Å². The van der Waals surface area contributed by atoms with Crippen LogP contribution in [0, 0.1) is 6.92 Å². The lowest BCUT2D eigenvalue weighted by molar-refractivity contribution is 0.628. The second kappa shape index (κ2) is 7.24. The average molecular weight is 346 g/mol. The molecule has 2 heteroatoms. The van der Waals surface area contributed by atoms with Gasteiger partial charge in [-0.1, -0.05) is 73.1 Å². The molecule has 21 heavy (non-hydrogen) atoms. The van der Waals surface area contributed by atoms with Crippen LogP contribution in [0.5, 0.6) is 0 Å². The van der Waals surface area contributed by atoms with Crippen molar-refractivity contribution in [3.8, 4) is 0 Å². The van der Waals surface area contributed by atoms with Gasteiger partial charge in [0, 0.05) is 4.47 Å². The van der Waals surface area contributed by atoms with E-state index in [1.807, 2.05) is 0 Å². The van der Waals surface area contributed by atoms with Gasteiger partial charge in [0.05, 0.1) is 6.04 Å². The average Bonchev–Trinajstić information content (AvgIpc) is 2.46. The van der Waals surface area contributed by atoms with E-state index in [1.54, 1.807) is 0 Å². The number of benzene rings is 2. The molecule has 1 atom stereocenters. The predicted molar refractivity (Wildman–Crippen MR) is 94.9 cm³/mol. The van der Waals surface area contributed by atoms with Crippen molar-refractivity contribution in [1.29, 1.82) is 0 Å². The maximum Gasteiger partial charge on any atom is 0.0587 e. The van der Waals surface area contributed by atoms with Gasteiger partial charge in [-0.05, 0) is 47.7 Å². The first-order valence-electron chi connectivity index (χ1n) is 7.62. The summed E-state index contributed by atoms with van der Waals surface area (Å²) in [6.45, 7) is 9.67. The van der Waals surface area contributed by atoms with E-state index in [9.17, 15) is 0 Å². The summed E-state index contributed by atoms with van der Waals surface area (Å²) in [5, 5.41) is 3.59. The van der Waals surface area contributed by atoms with E-state index in [0.717, 1.165) is 6.54 Å². The minimum Gasteiger partial charge on any atom is -0.306 e. The summed E-state index contributed by atoms with van der Waals surface area (Å²) in [6.07, 6.45) is 0. The highest BCUT2D eigenvalue weighted by Gasteiger charge is 2.16. The Morgan fingerprint density at radius 1 is 1.00 bits per heavy atom. The topological polar surface area (TPSA) is 12.0 Å². The van der Waals surface area contributed by atoms with Crippen LogP contribution in [0.3, 0.4) is 0 Å². The Balaban J connectivity index is 2.38. The molecule has 2 aromatic carbocycles. The molecular formula is C19H24BrN. The molecule has 1 N–H and O–H groups in total. The SMILES string of the molecule is CCNC(c1ccc(C(C)C)cc1)c1ccc(C)cc1Br. The summed E-state index contributed by atoms with van der Waals surface area (Å²) in [5.41, 5.74) is 5.26. The predicted octanol–water partition coefficient (Wildman–Crippen LogP) is 5.58. The maximum absolute atomic E-state index is 3.71. The molecule has 0 aromatic heterocycles. The highest BCUT2D eigenvalue weighted by Crippen LogP contribution is 2.30. The van der Waals surface area contributed by atoms with Gasteiger partial charge in [0.15, 0.2) is 0 Å². The van der Waals surface area contributed by atoms with Gasteiger partial charge >= 0.3 is 0 Å². The molecule has 0 saturated heterocycles. The first-order chi connectivity index (χ1) is 10.0. The summed E-state index contributed by atoms with van der Waals surface area (Å²) in [4.78, 5) is 0. The van der Waals surface area contributed by atoms with Gasteiger partial charge in [0.25, 0.3) is 0 Å². The second-order valence-corrected chi connectivity index (χ2v) is 6.69. The third-order valence-corrected chi connectivity index (χ3v) is 4.50. The van der Waals surface area contributed by atoms with Gasteiger partial charge in [-0.25, -0.2) is 0 Å². The standard InChI is InChI=1S/C19H24BrN/c1-5-21-19(17-11-6-14(4)12-18(17)20)16-9-7-15(8-10-16)13(2)3/h6-13,19,21H,5H2,1-4H3. The number of aryl methyl sites for hydroxylation is 1. The lowest BCUT2D eigenvalue weighted by Gasteiger charge is -2.21. The fraction of sp³-hybridized carbons (Fsp3) is 0.368. The smallest absolute Gasteiger partial charge is 0.0587 e. The highest BCUT2D eigenvalue weighted by molar-refractivity contribution is 9.10. The number of hydrogen-bond acceptors (Lipinski definition) is 1. The first kappa shape index (κ1) is 16.3. The first-order valence-corrected chi connectivity index (χ1v) is 8.41. The minimum atomic E-state index is 0.228. The van der Waals surface area contributed by atoms with Crippen LogP contribution >= 0.6 is 15.9 Å². The molecule has 2 rings (SSSR count). The summed E-state index contributed by atoms with van der Waals surface area (Å²) < 4.78 is 1.17. The summed E-state index contributed by atoms with van der Waals surface area (Å²) in [6, 6.07) is 15.8. The van der Waals surface area contributed by atoms with Gasteiger partial charge in [-0.3, -0.25) is 0 Å². The molecule has 112 valence electrons. The third-order valence-electron chi connectivity index (χ3n) is 3.81. The number of hydrogen-bond donors (Lipinski definition) is 1. The Kier molecular flexibility index (Phi) is 5.60. The number of halogens is 1. The molecule has 2 aromatic rings. The molecule has 0 amide bonds. The van der Waals surface area contributed by atoms with E-state index in [-0.39, 0.29) is 6.04 Å². The van der Waals surface area contributed by atoms with Gasteiger partial charge in [-0.15, -0.1) is 0 Å². The Labute approximate surface area is 136 Å². The van der Waals surface area contributed by atoms with Crippen molar-refractivity contribution in [1.82, 2.24) is 5.32 Å². The van der Waals surface area contributed by atoms with Crippen LogP contribution < -0.4 is 5.32 Å². The number of nitrogens with one attached hydrogen (secondary N) is 1. The highest BCUT2D eigenvalue weighted by atomic mass is 79.9. The van der Waals surface area contributed by atoms with Crippen molar-refractivity contribution < 1.29 is 0 Å². The molecule has 0 aliphatic heterocycles. The molecular weight excluding hydrogens is 322 g/mol. The monoisotopic (exact) mass is 345 g/mol. The fourth-order valence-corrected chi connectivity index (χ4v) is 3.27. The van der Waals surface area contributed by atoms with E-state index in [1.165, 1.54) is 26.7 Å². The zero-order valence-electron chi connectivity index (χ0n) is 13.3. The van der Waals surface area contributed by atoms with E-state index < -0.39 is 0 Å². The Morgan fingerprint density at radius 2 is 1.62 bits per heavy atom. The van der Waals surface area contributed by atoms with Crippen LogP contribution in [0.25, 0.3) is 0 Å². The fourth-order valence-electron chi connectivity index (χ4n) is 2.55. The Hall–Kier alpha value is -1.12. The van der Waals surface area contributed by atoms with Gasteiger partial charge < -0.3 is 5.32 Å².